The number of anilines is 1. The number of fused-ring (bicyclic) bond motifs is 1. The number of aryl methyl sites for hydroxylation is 1. The lowest BCUT2D eigenvalue weighted by Gasteiger charge is -2.17. The van der Waals surface area contributed by atoms with Gasteiger partial charge in [-0.2, -0.15) is 0 Å². The third-order valence-corrected chi connectivity index (χ3v) is 5.95. The molecular formula is C21H22N4O6S. The number of aromatic amines is 1. The van der Waals surface area contributed by atoms with Crippen LogP contribution in [0.15, 0.2) is 35.1 Å². The Morgan fingerprint density at radius 2 is 1.97 bits per heavy atom. The molecule has 0 fully saturated rings. The van der Waals surface area contributed by atoms with Crippen LogP contribution >= 0.6 is 11.3 Å². The number of carbonyl (C=O) groups excluding carboxylic acids is 1. The van der Waals surface area contributed by atoms with Gasteiger partial charge in [-0.1, -0.05) is 6.07 Å². The van der Waals surface area contributed by atoms with Crippen LogP contribution in [0.4, 0.5) is 5.00 Å². The molecule has 32 heavy (non-hydrogen) atoms. The van der Waals surface area contributed by atoms with Crippen molar-refractivity contribution < 1.29 is 24.6 Å². The molecule has 0 unspecified atom stereocenters. The number of hydrogen-bond donors (Lipinski definition) is 4. The number of aromatic nitrogens is 2. The minimum atomic E-state index is -1.29. The molecule has 1 amide bonds. The Bertz CT molecular complexity index is 1230. The number of rotatable bonds is 9. The second-order valence-electron chi connectivity index (χ2n) is 7.29. The molecule has 0 saturated heterocycles. The van der Waals surface area contributed by atoms with Crippen molar-refractivity contribution in [1.82, 2.24) is 15.3 Å². The van der Waals surface area contributed by atoms with Crippen LogP contribution in [-0.4, -0.2) is 51.1 Å². The van der Waals surface area contributed by atoms with Crippen molar-refractivity contribution in [2.75, 3.05) is 11.9 Å². The van der Waals surface area contributed by atoms with E-state index in [1.165, 1.54) is 11.3 Å². The number of H-pyrrole nitrogens is 1. The molecule has 10 nitrogen and oxygen atoms in total. The van der Waals surface area contributed by atoms with Crippen LogP contribution in [0.3, 0.4) is 0 Å². The molecule has 2 aromatic heterocycles. The summed E-state index contributed by atoms with van der Waals surface area (Å²) in [6.07, 6.45) is -0.566. The number of nitrogens with one attached hydrogen (secondary N) is 2. The minimum Gasteiger partial charge on any atom is -0.481 e. The van der Waals surface area contributed by atoms with Crippen molar-refractivity contribution in [3.63, 3.8) is 0 Å². The largest absolute Gasteiger partial charge is 0.481 e. The Morgan fingerprint density at radius 1 is 1.22 bits per heavy atom. The predicted molar refractivity (Wildman–Crippen MR) is 119 cm³/mol. The molecule has 168 valence electrons. The fourth-order valence-electron chi connectivity index (χ4n) is 3.16. The Labute approximate surface area is 186 Å². The summed E-state index contributed by atoms with van der Waals surface area (Å²) in [7, 11) is 1.84. The van der Waals surface area contributed by atoms with Gasteiger partial charge >= 0.3 is 11.9 Å². The fourth-order valence-corrected chi connectivity index (χ4v) is 4.03. The van der Waals surface area contributed by atoms with Gasteiger partial charge in [-0.25, -0.2) is 9.78 Å². The maximum absolute atomic E-state index is 12.4. The summed E-state index contributed by atoms with van der Waals surface area (Å²) in [5.41, 5.74) is 1.29. The Balaban J connectivity index is 1.70. The van der Waals surface area contributed by atoms with E-state index in [1.807, 2.05) is 18.0 Å². The van der Waals surface area contributed by atoms with Gasteiger partial charge in [0, 0.05) is 20.0 Å². The van der Waals surface area contributed by atoms with Crippen LogP contribution in [-0.2, 0) is 16.1 Å². The number of amides is 1. The third kappa shape index (κ3) is 5.49. The zero-order valence-corrected chi connectivity index (χ0v) is 18.2. The molecule has 0 aliphatic rings. The van der Waals surface area contributed by atoms with E-state index < -0.39 is 23.9 Å². The molecule has 3 rings (SSSR count). The van der Waals surface area contributed by atoms with E-state index >= 15 is 0 Å². The van der Waals surface area contributed by atoms with Gasteiger partial charge in [0.15, 0.2) is 0 Å². The SMILES string of the molecule is Cc1nc2ccc(CN(C)c3ccc(C(=O)N[C@H](CCC(=O)O)C(=O)O)s3)cc2c(=O)[nH]1. The lowest BCUT2D eigenvalue weighted by atomic mass is 10.1. The quantitative estimate of drug-likeness (QED) is 0.380. The van der Waals surface area contributed by atoms with Crippen molar-refractivity contribution in [1.29, 1.82) is 0 Å². The molecule has 4 N–H and O–H groups in total. The van der Waals surface area contributed by atoms with E-state index in [2.05, 4.69) is 15.3 Å². The Morgan fingerprint density at radius 3 is 2.66 bits per heavy atom. The highest BCUT2D eigenvalue weighted by Gasteiger charge is 2.22. The molecule has 0 bridgehead atoms. The summed E-state index contributed by atoms with van der Waals surface area (Å²) in [6.45, 7) is 2.19. The average molecular weight is 458 g/mol. The summed E-state index contributed by atoms with van der Waals surface area (Å²) in [5.74, 6) is -2.45. The first-order valence-electron chi connectivity index (χ1n) is 9.70. The van der Waals surface area contributed by atoms with E-state index in [1.54, 1.807) is 31.2 Å². The molecule has 0 saturated carbocycles. The predicted octanol–water partition coefficient (Wildman–Crippen LogP) is 1.98. The Kier molecular flexibility index (Phi) is 6.89. The number of aliphatic carboxylic acids is 2. The molecule has 0 aliphatic heterocycles. The standard InChI is InChI=1S/C21H22N4O6S/c1-11-22-14-4-3-12(9-13(14)19(28)23-11)10-25(2)17-7-6-16(32-17)20(29)24-15(21(30)31)5-8-18(26)27/h3-4,6-7,9,15H,5,8,10H2,1-2H3,(H,24,29)(H,26,27)(H,30,31)(H,22,23,28)/t15-/m1/s1. The zero-order chi connectivity index (χ0) is 23.4. The number of nitrogens with zero attached hydrogens (tertiary/aromatic N) is 2. The summed E-state index contributed by atoms with van der Waals surface area (Å²) < 4.78 is 0. The molecule has 1 aromatic carbocycles. The normalized spacial score (nSPS) is 11.8. The van der Waals surface area contributed by atoms with E-state index in [0.29, 0.717) is 28.1 Å². The maximum Gasteiger partial charge on any atom is 0.326 e. The van der Waals surface area contributed by atoms with E-state index in [-0.39, 0.29) is 18.4 Å². The smallest absolute Gasteiger partial charge is 0.326 e. The first-order valence-corrected chi connectivity index (χ1v) is 10.5. The molecule has 1 atom stereocenters. The van der Waals surface area contributed by atoms with Crippen molar-refractivity contribution in [3.05, 3.63) is 57.0 Å². The third-order valence-electron chi connectivity index (χ3n) is 4.75. The summed E-state index contributed by atoms with van der Waals surface area (Å²) in [6, 6.07) is 7.49. The summed E-state index contributed by atoms with van der Waals surface area (Å²) >= 11 is 1.18. The molecule has 0 aliphatic carbocycles. The van der Waals surface area contributed by atoms with Gasteiger partial charge in [-0.05, 0) is 43.2 Å². The number of hydrogen-bond acceptors (Lipinski definition) is 7. The maximum atomic E-state index is 12.4. The first kappa shape index (κ1) is 22.9. The highest BCUT2D eigenvalue weighted by atomic mass is 32.1. The second kappa shape index (κ2) is 9.60. The van der Waals surface area contributed by atoms with Crippen molar-refractivity contribution in [3.8, 4) is 0 Å². The number of carboxylic acids is 2. The number of benzene rings is 1. The van der Waals surface area contributed by atoms with Crippen LogP contribution in [0.25, 0.3) is 10.9 Å². The second-order valence-corrected chi connectivity index (χ2v) is 8.36. The van der Waals surface area contributed by atoms with Gasteiger partial charge in [-0.3, -0.25) is 14.4 Å². The highest BCUT2D eigenvalue weighted by Crippen LogP contribution is 2.27. The Hall–Kier alpha value is -3.73. The van der Waals surface area contributed by atoms with E-state index in [0.717, 1.165) is 10.6 Å². The van der Waals surface area contributed by atoms with Crippen molar-refractivity contribution in [2.24, 2.45) is 0 Å². The average Bonchev–Trinajstić information content (AvgIpc) is 3.21. The first-order chi connectivity index (χ1) is 15.1. The lowest BCUT2D eigenvalue weighted by Crippen LogP contribution is -2.40. The number of carbonyl (C=O) groups is 3. The molecule has 11 heteroatoms. The zero-order valence-electron chi connectivity index (χ0n) is 17.4. The molecular weight excluding hydrogens is 436 g/mol. The number of carboxylic acid groups (broad SMARTS) is 2. The molecule has 3 aromatic rings. The highest BCUT2D eigenvalue weighted by molar-refractivity contribution is 7.17. The van der Waals surface area contributed by atoms with Gasteiger partial charge in [0.25, 0.3) is 11.5 Å². The van der Waals surface area contributed by atoms with Crippen LogP contribution < -0.4 is 15.8 Å². The van der Waals surface area contributed by atoms with Crippen LogP contribution in [0.2, 0.25) is 0 Å². The molecule has 2 heterocycles. The van der Waals surface area contributed by atoms with Crippen LogP contribution in [0.5, 0.6) is 0 Å². The fraction of sp³-hybridized carbons (Fsp3) is 0.286. The van der Waals surface area contributed by atoms with Crippen LogP contribution in [0, 0.1) is 6.92 Å². The summed E-state index contributed by atoms with van der Waals surface area (Å²) in [5, 5.41) is 21.6. The van der Waals surface area contributed by atoms with Gasteiger partial charge in [0.05, 0.1) is 20.8 Å². The number of thiophene rings is 1. The van der Waals surface area contributed by atoms with Gasteiger partial charge in [0.2, 0.25) is 0 Å². The van der Waals surface area contributed by atoms with Gasteiger partial charge in [0.1, 0.15) is 11.9 Å². The van der Waals surface area contributed by atoms with E-state index in [4.69, 9.17) is 5.11 Å². The van der Waals surface area contributed by atoms with Crippen LogP contribution in [0.1, 0.15) is 33.9 Å². The van der Waals surface area contributed by atoms with Gasteiger partial charge < -0.3 is 25.4 Å². The topological polar surface area (TPSA) is 153 Å². The molecule has 0 spiro atoms. The molecule has 0 radical (unpaired) electrons. The van der Waals surface area contributed by atoms with Crippen molar-refractivity contribution in [2.45, 2.75) is 32.4 Å². The van der Waals surface area contributed by atoms with Gasteiger partial charge in [-0.15, -0.1) is 11.3 Å². The minimum absolute atomic E-state index is 0.204. The lowest BCUT2D eigenvalue weighted by molar-refractivity contribution is -0.140. The van der Waals surface area contributed by atoms with E-state index in [9.17, 15) is 24.3 Å². The van der Waals surface area contributed by atoms with Crippen molar-refractivity contribution >= 4 is 45.1 Å². The summed E-state index contributed by atoms with van der Waals surface area (Å²) in [4.78, 5) is 55.8. The monoisotopic (exact) mass is 458 g/mol.